The second-order valence-corrected chi connectivity index (χ2v) is 10.1. The molecule has 1 N–H and O–H groups in total. The molecule has 3 nitrogen and oxygen atoms in total. The Morgan fingerprint density at radius 3 is 2.31 bits per heavy atom. The molecule has 144 valence electrons. The van der Waals surface area contributed by atoms with Gasteiger partial charge in [0.2, 0.25) is 5.91 Å². The molecule has 5 aliphatic rings. The number of rotatable bonds is 6. The summed E-state index contributed by atoms with van der Waals surface area (Å²) >= 11 is 0. The highest BCUT2D eigenvalue weighted by Gasteiger charge is 2.58. The zero-order chi connectivity index (χ0) is 18.4. The molecule has 0 aromatic heterocycles. The third-order valence-electron chi connectivity index (χ3n) is 7.87. The second-order valence-electron chi connectivity index (χ2n) is 10.1. The Morgan fingerprint density at radius 2 is 1.73 bits per heavy atom. The minimum absolute atomic E-state index is 0.0570. The summed E-state index contributed by atoms with van der Waals surface area (Å²) < 4.78 is 0. The molecule has 26 heavy (non-hydrogen) atoms. The maximum atomic E-state index is 13.5. The lowest BCUT2D eigenvalue weighted by Gasteiger charge is -2.60. The van der Waals surface area contributed by atoms with Crippen molar-refractivity contribution in [3.05, 3.63) is 25.3 Å². The van der Waals surface area contributed by atoms with Gasteiger partial charge >= 0.3 is 0 Å². The second kappa shape index (κ2) is 6.51. The van der Waals surface area contributed by atoms with Crippen LogP contribution in [0.1, 0.15) is 77.0 Å². The number of hydrogen-bond acceptors (Lipinski definition) is 2. The molecular weight excluding hydrogens is 322 g/mol. The number of piperidine rings is 1. The summed E-state index contributed by atoms with van der Waals surface area (Å²) in [5.41, 5.74) is -0.537. The zero-order valence-corrected chi connectivity index (χ0v) is 16.2. The summed E-state index contributed by atoms with van der Waals surface area (Å²) in [6.07, 6.45) is 16.0. The average molecular weight is 358 g/mol. The summed E-state index contributed by atoms with van der Waals surface area (Å²) in [6.45, 7) is 8.79. The van der Waals surface area contributed by atoms with E-state index in [1.807, 2.05) is 12.2 Å². The van der Waals surface area contributed by atoms with Crippen LogP contribution in [0.5, 0.6) is 0 Å². The quantitative estimate of drug-likeness (QED) is 0.705. The summed E-state index contributed by atoms with van der Waals surface area (Å²) in [6, 6.07) is 0. The molecule has 1 saturated heterocycles. The van der Waals surface area contributed by atoms with E-state index in [1.54, 1.807) is 0 Å². The first-order chi connectivity index (χ1) is 12.4. The monoisotopic (exact) mass is 357 g/mol. The number of hydrogen-bond donors (Lipinski definition) is 1. The van der Waals surface area contributed by atoms with Crippen LogP contribution in [0.2, 0.25) is 0 Å². The highest BCUT2D eigenvalue weighted by atomic mass is 16.3. The third-order valence-corrected chi connectivity index (χ3v) is 7.87. The van der Waals surface area contributed by atoms with Crippen molar-refractivity contribution >= 4 is 5.91 Å². The smallest absolute Gasteiger partial charge is 0.223 e. The maximum absolute atomic E-state index is 13.5. The Hall–Kier alpha value is -1.09. The SMILES string of the molecule is C=CCC1(CC=C)CCCCN1C(=O)CC12CC3CC(CC(O)(C3)C1)C2. The number of amides is 1. The van der Waals surface area contributed by atoms with Gasteiger partial charge in [-0.05, 0) is 87.9 Å². The third kappa shape index (κ3) is 3.06. The van der Waals surface area contributed by atoms with Crippen LogP contribution < -0.4 is 0 Å². The van der Waals surface area contributed by atoms with Gasteiger partial charge in [-0.2, -0.15) is 0 Å². The molecule has 4 aliphatic carbocycles. The summed E-state index contributed by atoms with van der Waals surface area (Å²) in [5.74, 6) is 1.60. The number of carbonyl (C=O) groups is 1. The van der Waals surface area contributed by atoms with Gasteiger partial charge in [0.25, 0.3) is 0 Å². The predicted octanol–water partition coefficient (Wildman–Crippen LogP) is 4.61. The molecule has 1 aliphatic heterocycles. The first-order valence-electron chi connectivity index (χ1n) is 10.7. The van der Waals surface area contributed by atoms with Crippen LogP contribution in [0, 0.1) is 17.3 Å². The van der Waals surface area contributed by atoms with E-state index in [-0.39, 0.29) is 11.0 Å². The van der Waals surface area contributed by atoms with E-state index in [0.717, 1.165) is 64.3 Å². The lowest BCUT2D eigenvalue weighted by Crippen LogP contribution is -2.59. The maximum Gasteiger partial charge on any atom is 0.223 e. The minimum atomic E-state index is -0.481. The number of likely N-dealkylation sites (tertiary alicyclic amines) is 1. The molecule has 2 unspecified atom stereocenters. The zero-order valence-electron chi connectivity index (χ0n) is 16.2. The van der Waals surface area contributed by atoms with E-state index in [9.17, 15) is 9.90 Å². The van der Waals surface area contributed by atoms with Gasteiger partial charge in [-0.15, -0.1) is 13.2 Å². The Balaban J connectivity index is 1.55. The molecular formula is C23H35NO2. The van der Waals surface area contributed by atoms with E-state index in [2.05, 4.69) is 18.1 Å². The molecule has 1 amide bonds. The first kappa shape index (κ1) is 18.3. The lowest BCUT2D eigenvalue weighted by molar-refractivity contribution is -0.174. The van der Waals surface area contributed by atoms with Crippen LogP contribution in [0.25, 0.3) is 0 Å². The summed E-state index contributed by atoms with van der Waals surface area (Å²) in [5, 5.41) is 11.0. The van der Waals surface area contributed by atoms with E-state index in [1.165, 1.54) is 12.8 Å². The molecule has 2 atom stereocenters. The Bertz CT molecular complexity index is 571. The lowest BCUT2D eigenvalue weighted by atomic mass is 9.47. The van der Waals surface area contributed by atoms with Crippen LogP contribution in [-0.4, -0.2) is 33.6 Å². The molecule has 0 aromatic carbocycles. The molecule has 0 aromatic rings. The molecule has 3 heteroatoms. The molecule has 5 rings (SSSR count). The van der Waals surface area contributed by atoms with Gasteiger partial charge < -0.3 is 10.0 Å². The largest absolute Gasteiger partial charge is 0.390 e. The van der Waals surface area contributed by atoms with Crippen LogP contribution in [0.3, 0.4) is 0 Å². The van der Waals surface area contributed by atoms with Crippen molar-refractivity contribution in [2.45, 2.75) is 88.2 Å². The normalized spacial score (nSPS) is 40.4. The van der Waals surface area contributed by atoms with Gasteiger partial charge in [-0.25, -0.2) is 0 Å². The molecule has 1 heterocycles. The fraction of sp³-hybridized carbons (Fsp3) is 0.783. The predicted molar refractivity (Wildman–Crippen MR) is 105 cm³/mol. The minimum Gasteiger partial charge on any atom is -0.390 e. The van der Waals surface area contributed by atoms with Crippen LogP contribution in [-0.2, 0) is 4.79 Å². The van der Waals surface area contributed by atoms with Crippen molar-refractivity contribution in [2.75, 3.05) is 6.54 Å². The summed E-state index contributed by atoms with van der Waals surface area (Å²) in [4.78, 5) is 15.7. The Kier molecular flexibility index (Phi) is 4.58. The standard InChI is InChI=1S/C23H35NO2/c1-3-7-22(8-4-2)9-5-6-10-24(22)20(25)16-21-12-18-11-19(13-21)15-23(26,14-18)17-21/h3-4,18-19,26H,1-2,5-17H2. The van der Waals surface area contributed by atoms with Gasteiger partial charge in [-0.1, -0.05) is 12.2 Å². The van der Waals surface area contributed by atoms with Gasteiger partial charge in [0.05, 0.1) is 5.60 Å². The number of aliphatic hydroxyl groups is 1. The van der Waals surface area contributed by atoms with Crippen LogP contribution in [0.4, 0.5) is 0 Å². The van der Waals surface area contributed by atoms with Crippen molar-refractivity contribution in [2.24, 2.45) is 17.3 Å². The molecule has 5 fully saturated rings. The average Bonchev–Trinajstić information content (AvgIpc) is 2.52. The van der Waals surface area contributed by atoms with Gasteiger partial charge in [0.15, 0.2) is 0 Å². The van der Waals surface area contributed by atoms with Gasteiger partial charge in [0, 0.05) is 18.5 Å². The summed E-state index contributed by atoms with van der Waals surface area (Å²) in [7, 11) is 0. The molecule has 0 radical (unpaired) electrons. The van der Waals surface area contributed by atoms with Crippen molar-refractivity contribution in [1.29, 1.82) is 0 Å². The Morgan fingerprint density at radius 1 is 1.08 bits per heavy atom. The van der Waals surface area contributed by atoms with E-state index in [4.69, 9.17) is 0 Å². The van der Waals surface area contributed by atoms with Gasteiger partial charge in [0.1, 0.15) is 0 Å². The van der Waals surface area contributed by atoms with Gasteiger partial charge in [-0.3, -0.25) is 4.79 Å². The highest BCUT2D eigenvalue weighted by Crippen LogP contribution is 2.63. The van der Waals surface area contributed by atoms with E-state index in [0.29, 0.717) is 24.2 Å². The van der Waals surface area contributed by atoms with Crippen molar-refractivity contribution in [1.82, 2.24) is 4.90 Å². The molecule has 4 bridgehead atoms. The highest BCUT2D eigenvalue weighted by molar-refractivity contribution is 5.78. The van der Waals surface area contributed by atoms with Crippen LogP contribution in [0.15, 0.2) is 25.3 Å². The molecule has 0 spiro atoms. The van der Waals surface area contributed by atoms with Crippen molar-refractivity contribution < 1.29 is 9.90 Å². The number of nitrogens with zero attached hydrogens (tertiary/aromatic N) is 1. The number of carbonyl (C=O) groups excluding carboxylic acids is 1. The fourth-order valence-electron chi connectivity index (χ4n) is 7.56. The van der Waals surface area contributed by atoms with Crippen molar-refractivity contribution in [3.63, 3.8) is 0 Å². The first-order valence-corrected chi connectivity index (χ1v) is 10.7. The van der Waals surface area contributed by atoms with Crippen LogP contribution >= 0.6 is 0 Å². The Labute approximate surface area is 158 Å². The van der Waals surface area contributed by atoms with Crippen molar-refractivity contribution in [3.8, 4) is 0 Å². The fourth-order valence-corrected chi connectivity index (χ4v) is 7.56. The van der Waals surface area contributed by atoms with E-state index < -0.39 is 5.60 Å². The molecule has 4 saturated carbocycles. The topological polar surface area (TPSA) is 40.5 Å². The van der Waals surface area contributed by atoms with E-state index >= 15 is 0 Å².